The smallest absolute Gasteiger partial charge is 0.274 e. The summed E-state index contributed by atoms with van der Waals surface area (Å²) in [6, 6.07) is 4.76. The van der Waals surface area contributed by atoms with Crippen molar-refractivity contribution in [3.8, 4) is 5.75 Å². The minimum absolute atomic E-state index is 0.0607. The summed E-state index contributed by atoms with van der Waals surface area (Å²) in [5, 5.41) is 13.0. The summed E-state index contributed by atoms with van der Waals surface area (Å²) >= 11 is 0. The van der Waals surface area contributed by atoms with Crippen molar-refractivity contribution in [2.75, 3.05) is 13.1 Å². The van der Waals surface area contributed by atoms with Crippen LogP contribution in [0.4, 0.5) is 4.39 Å². The van der Waals surface area contributed by atoms with E-state index in [0.29, 0.717) is 24.2 Å². The number of carbonyl (C=O) groups is 2. The van der Waals surface area contributed by atoms with Gasteiger partial charge in [-0.1, -0.05) is 18.2 Å². The van der Waals surface area contributed by atoms with E-state index in [9.17, 15) is 23.9 Å². The molecule has 1 atom stereocenters. The fourth-order valence-corrected chi connectivity index (χ4v) is 4.08. The van der Waals surface area contributed by atoms with Crippen molar-refractivity contribution in [3.63, 3.8) is 0 Å². The second kappa shape index (κ2) is 7.35. The molecule has 1 aromatic carbocycles. The maximum absolute atomic E-state index is 14.1. The van der Waals surface area contributed by atoms with Gasteiger partial charge in [-0.2, -0.15) is 0 Å². The molecule has 8 heteroatoms. The largest absolute Gasteiger partial charge is 0.503 e. The zero-order valence-corrected chi connectivity index (χ0v) is 16.1. The number of aryl methyl sites for hydroxylation is 1. The molecule has 1 fully saturated rings. The van der Waals surface area contributed by atoms with Crippen LogP contribution in [-0.4, -0.2) is 39.5 Å². The molecule has 152 valence electrons. The van der Waals surface area contributed by atoms with Crippen LogP contribution in [0.2, 0.25) is 0 Å². The van der Waals surface area contributed by atoms with Crippen molar-refractivity contribution in [1.82, 2.24) is 14.8 Å². The fourth-order valence-electron chi connectivity index (χ4n) is 4.08. The van der Waals surface area contributed by atoms with E-state index < -0.39 is 28.8 Å². The number of carbonyl (C=O) groups excluding carboxylic acids is 2. The van der Waals surface area contributed by atoms with Gasteiger partial charge in [0.15, 0.2) is 11.4 Å². The molecule has 0 aliphatic carbocycles. The van der Waals surface area contributed by atoms with E-state index in [1.54, 1.807) is 34.6 Å². The third kappa shape index (κ3) is 3.28. The van der Waals surface area contributed by atoms with E-state index in [-0.39, 0.29) is 23.8 Å². The first-order valence-electron chi connectivity index (χ1n) is 9.68. The Morgan fingerprint density at radius 3 is 2.90 bits per heavy atom. The van der Waals surface area contributed by atoms with Crippen molar-refractivity contribution >= 4 is 11.8 Å². The Bertz CT molecular complexity index is 1060. The van der Waals surface area contributed by atoms with Gasteiger partial charge in [0.25, 0.3) is 11.8 Å². The highest BCUT2D eigenvalue weighted by Crippen LogP contribution is 2.31. The molecular weight excluding hydrogens is 377 g/mol. The Hall–Kier alpha value is -3.16. The van der Waals surface area contributed by atoms with Crippen LogP contribution in [0.15, 0.2) is 29.2 Å². The molecule has 0 saturated carbocycles. The number of hydrogen-bond acceptors (Lipinski definition) is 4. The lowest BCUT2D eigenvalue weighted by Crippen LogP contribution is -2.44. The molecule has 1 unspecified atom stereocenters. The minimum atomic E-state index is -0.897. The number of benzene rings is 1. The lowest BCUT2D eigenvalue weighted by molar-refractivity contribution is 0.0677. The molecule has 29 heavy (non-hydrogen) atoms. The molecule has 2 aliphatic rings. The van der Waals surface area contributed by atoms with Gasteiger partial charge < -0.3 is 19.9 Å². The first kappa shape index (κ1) is 19.2. The Kier molecular flexibility index (Phi) is 4.86. The van der Waals surface area contributed by atoms with Gasteiger partial charge in [-0.05, 0) is 31.7 Å². The lowest BCUT2D eigenvalue weighted by Gasteiger charge is -2.34. The summed E-state index contributed by atoms with van der Waals surface area (Å²) in [6.07, 6.45) is 3.91. The van der Waals surface area contributed by atoms with Crippen LogP contribution in [-0.2, 0) is 6.54 Å². The molecule has 0 spiro atoms. The van der Waals surface area contributed by atoms with Crippen molar-refractivity contribution in [3.05, 3.63) is 62.8 Å². The van der Waals surface area contributed by atoms with E-state index in [2.05, 4.69) is 5.32 Å². The van der Waals surface area contributed by atoms with Gasteiger partial charge in [0, 0.05) is 31.4 Å². The minimum Gasteiger partial charge on any atom is -0.503 e. The molecule has 2 aliphatic heterocycles. The number of nitrogens with one attached hydrogen (secondary N) is 1. The number of nitrogens with zero attached hydrogens (tertiary/aromatic N) is 2. The number of hydrogen-bond donors (Lipinski definition) is 2. The number of aromatic nitrogens is 1. The van der Waals surface area contributed by atoms with E-state index in [0.717, 1.165) is 19.3 Å². The zero-order chi connectivity index (χ0) is 20.7. The molecule has 2 N–H and O–H groups in total. The number of fused-ring (bicyclic) bond motifs is 4. The summed E-state index contributed by atoms with van der Waals surface area (Å²) < 4.78 is 15.7. The molecule has 2 aromatic rings. The van der Waals surface area contributed by atoms with Crippen LogP contribution in [0.1, 0.15) is 57.3 Å². The van der Waals surface area contributed by atoms with E-state index >= 15 is 0 Å². The third-order valence-corrected chi connectivity index (χ3v) is 5.70. The monoisotopic (exact) mass is 399 g/mol. The van der Waals surface area contributed by atoms with Crippen LogP contribution in [0.5, 0.6) is 5.75 Å². The molecule has 2 amide bonds. The molecule has 0 radical (unpaired) electrons. The summed E-state index contributed by atoms with van der Waals surface area (Å²) in [4.78, 5) is 39.6. The number of aromatic hydroxyl groups is 1. The number of rotatable bonds is 3. The van der Waals surface area contributed by atoms with Gasteiger partial charge in [0.2, 0.25) is 5.43 Å². The van der Waals surface area contributed by atoms with Crippen LogP contribution in [0, 0.1) is 12.7 Å². The average molecular weight is 399 g/mol. The van der Waals surface area contributed by atoms with E-state index in [1.807, 2.05) is 0 Å². The highest BCUT2D eigenvalue weighted by atomic mass is 19.1. The standard InChI is InChI=1S/C21H22FN3O4/c1-12-5-4-6-13(16(12)22)9-23-20(28)15-11-25-14-7-2-3-8-24(10-14)21(29)17(25)19(27)18(15)26/h4-6,11,14,27H,2-3,7-10H2,1H3,(H,23,28). The molecule has 7 nitrogen and oxygen atoms in total. The predicted octanol–water partition coefficient (Wildman–Crippen LogP) is 2.11. The highest BCUT2D eigenvalue weighted by Gasteiger charge is 2.36. The molecule has 4 rings (SSSR count). The van der Waals surface area contributed by atoms with Crippen LogP contribution in [0.25, 0.3) is 0 Å². The van der Waals surface area contributed by atoms with Crippen LogP contribution < -0.4 is 10.7 Å². The van der Waals surface area contributed by atoms with Crippen molar-refractivity contribution in [2.24, 2.45) is 0 Å². The highest BCUT2D eigenvalue weighted by molar-refractivity contribution is 5.99. The molecule has 1 saturated heterocycles. The summed E-state index contributed by atoms with van der Waals surface area (Å²) in [7, 11) is 0. The Labute approximate surface area is 166 Å². The van der Waals surface area contributed by atoms with E-state index in [4.69, 9.17) is 0 Å². The first-order valence-corrected chi connectivity index (χ1v) is 9.68. The normalized spacial score (nSPS) is 18.2. The predicted molar refractivity (Wildman–Crippen MR) is 103 cm³/mol. The molecule has 3 heterocycles. The summed E-state index contributed by atoms with van der Waals surface area (Å²) in [5.74, 6) is -2.24. The average Bonchev–Trinajstić information content (AvgIpc) is 2.93. The van der Waals surface area contributed by atoms with Gasteiger partial charge in [0.1, 0.15) is 11.4 Å². The molecule has 1 aromatic heterocycles. The van der Waals surface area contributed by atoms with Gasteiger partial charge in [-0.15, -0.1) is 0 Å². The Balaban J connectivity index is 1.67. The Morgan fingerprint density at radius 1 is 1.31 bits per heavy atom. The maximum Gasteiger partial charge on any atom is 0.274 e. The SMILES string of the molecule is Cc1cccc(CNC(=O)c2cn3c(c(O)c2=O)C(=O)N2CCCCC3C2)c1F. The zero-order valence-electron chi connectivity index (χ0n) is 16.1. The van der Waals surface area contributed by atoms with Crippen molar-refractivity contribution < 1.29 is 19.1 Å². The van der Waals surface area contributed by atoms with Gasteiger partial charge >= 0.3 is 0 Å². The number of halogens is 1. The Morgan fingerprint density at radius 2 is 2.10 bits per heavy atom. The summed E-state index contributed by atoms with van der Waals surface area (Å²) in [6.45, 7) is 2.61. The van der Waals surface area contributed by atoms with Crippen LogP contribution >= 0.6 is 0 Å². The maximum atomic E-state index is 14.1. The van der Waals surface area contributed by atoms with Crippen LogP contribution in [0.3, 0.4) is 0 Å². The van der Waals surface area contributed by atoms with Gasteiger partial charge in [-0.25, -0.2) is 4.39 Å². The van der Waals surface area contributed by atoms with Crippen molar-refractivity contribution in [2.45, 2.75) is 38.8 Å². The second-order valence-electron chi connectivity index (χ2n) is 7.61. The van der Waals surface area contributed by atoms with Gasteiger partial charge in [-0.3, -0.25) is 14.4 Å². The fraction of sp³-hybridized carbons (Fsp3) is 0.381. The molecule has 2 bridgehead atoms. The first-order chi connectivity index (χ1) is 13.9. The number of amides is 2. The second-order valence-corrected chi connectivity index (χ2v) is 7.61. The van der Waals surface area contributed by atoms with Crippen molar-refractivity contribution in [1.29, 1.82) is 0 Å². The summed E-state index contributed by atoms with van der Waals surface area (Å²) in [5.41, 5.74) is -0.458. The van der Waals surface area contributed by atoms with Gasteiger partial charge in [0.05, 0.1) is 6.04 Å². The number of pyridine rings is 1. The lowest BCUT2D eigenvalue weighted by atomic mass is 10.1. The topological polar surface area (TPSA) is 91.6 Å². The van der Waals surface area contributed by atoms with E-state index in [1.165, 1.54) is 6.20 Å². The third-order valence-electron chi connectivity index (χ3n) is 5.70. The quantitative estimate of drug-likeness (QED) is 0.827. The molecular formula is C21H22FN3O4.